The van der Waals surface area contributed by atoms with Gasteiger partial charge in [0.25, 0.3) is 0 Å². The molecule has 0 bridgehead atoms. The van der Waals surface area contributed by atoms with Crippen LogP contribution >= 0.6 is 0 Å². The molecule has 1 fully saturated rings. The van der Waals surface area contributed by atoms with E-state index in [0.717, 1.165) is 30.5 Å². The van der Waals surface area contributed by atoms with Crippen molar-refractivity contribution in [2.75, 3.05) is 6.54 Å². The number of nitrogens with zero attached hydrogens (tertiary/aromatic N) is 1. The smallest absolute Gasteiger partial charge is 0.211 e. The normalized spacial score (nSPS) is 18.7. The van der Waals surface area contributed by atoms with Crippen molar-refractivity contribution in [3.63, 3.8) is 0 Å². The molecule has 0 amide bonds. The summed E-state index contributed by atoms with van der Waals surface area (Å²) in [5.41, 5.74) is 0. The maximum absolute atomic E-state index is 5.78. The Kier molecular flexibility index (Phi) is 4.60. The monoisotopic (exact) mass is 236 g/mol. The molecule has 96 valence electrons. The topological polar surface area (TPSA) is 38.1 Å². The van der Waals surface area contributed by atoms with E-state index in [4.69, 9.17) is 4.42 Å². The van der Waals surface area contributed by atoms with Crippen LogP contribution in [0.5, 0.6) is 0 Å². The molecular formula is C14H24N2O. The van der Waals surface area contributed by atoms with E-state index in [1.807, 2.05) is 6.20 Å². The van der Waals surface area contributed by atoms with Crippen LogP contribution in [0.2, 0.25) is 0 Å². The third-order valence-corrected chi connectivity index (χ3v) is 3.73. The number of aromatic nitrogens is 1. The molecule has 17 heavy (non-hydrogen) atoms. The fourth-order valence-electron chi connectivity index (χ4n) is 2.68. The van der Waals surface area contributed by atoms with Gasteiger partial charge >= 0.3 is 0 Å². The van der Waals surface area contributed by atoms with Crippen molar-refractivity contribution in [1.29, 1.82) is 0 Å². The van der Waals surface area contributed by atoms with E-state index >= 15 is 0 Å². The number of hydrogen-bond acceptors (Lipinski definition) is 3. The van der Waals surface area contributed by atoms with E-state index in [-0.39, 0.29) is 6.04 Å². The van der Waals surface area contributed by atoms with E-state index in [1.54, 1.807) is 0 Å². The highest BCUT2D eigenvalue weighted by Crippen LogP contribution is 2.28. The summed E-state index contributed by atoms with van der Waals surface area (Å²) in [7, 11) is 0. The summed E-state index contributed by atoms with van der Waals surface area (Å²) in [5, 5.41) is 3.32. The van der Waals surface area contributed by atoms with E-state index in [1.165, 1.54) is 32.1 Å². The second kappa shape index (κ2) is 6.20. The first kappa shape index (κ1) is 12.6. The quantitative estimate of drug-likeness (QED) is 0.822. The van der Waals surface area contributed by atoms with Crippen LogP contribution in [-0.2, 0) is 6.42 Å². The Bertz CT molecular complexity index is 329. The second-order valence-corrected chi connectivity index (χ2v) is 5.13. The Morgan fingerprint density at radius 2 is 2.24 bits per heavy atom. The molecule has 0 aliphatic heterocycles. The highest BCUT2D eigenvalue weighted by atomic mass is 16.4. The van der Waals surface area contributed by atoms with Gasteiger partial charge in [-0.3, -0.25) is 0 Å². The highest BCUT2D eigenvalue weighted by molar-refractivity contribution is 4.98. The molecule has 1 aliphatic rings. The van der Waals surface area contributed by atoms with Crippen LogP contribution in [0.4, 0.5) is 0 Å². The zero-order valence-electron chi connectivity index (χ0n) is 11.0. The van der Waals surface area contributed by atoms with Gasteiger partial charge in [-0.15, -0.1) is 0 Å². The molecule has 1 heterocycles. The summed E-state index contributed by atoms with van der Waals surface area (Å²) in [6.07, 6.45) is 9.88. The van der Waals surface area contributed by atoms with Crippen LogP contribution < -0.4 is 5.32 Å². The molecule has 1 atom stereocenters. The fourth-order valence-corrected chi connectivity index (χ4v) is 2.68. The molecule has 3 nitrogen and oxygen atoms in total. The molecule has 3 heteroatoms. The summed E-state index contributed by atoms with van der Waals surface area (Å²) in [6.45, 7) is 5.14. The average Bonchev–Trinajstić information content (AvgIpc) is 2.98. The maximum atomic E-state index is 5.78. The first-order chi connectivity index (χ1) is 8.29. The summed E-state index contributed by atoms with van der Waals surface area (Å²) in [4.78, 5) is 4.35. The van der Waals surface area contributed by atoms with Crippen molar-refractivity contribution >= 4 is 0 Å². The number of oxazole rings is 1. The van der Waals surface area contributed by atoms with Crippen LogP contribution in [0.3, 0.4) is 0 Å². The summed E-state index contributed by atoms with van der Waals surface area (Å²) < 4.78 is 5.78. The molecular weight excluding hydrogens is 212 g/mol. The predicted molar refractivity (Wildman–Crippen MR) is 68.9 cm³/mol. The van der Waals surface area contributed by atoms with Gasteiger partial charge in [-0.25, -0.2) is 4.98 Å². The highest BCUT2D eigenvalue weighted by Gasteiger charge is 2.16. The lowest BCUT2D eigenvalue weighted by molar-refractivity contribution is 0.385. The Labute approximate surface area is 104 Å². The molecule has 0 aromatic carbocycles. The molecule has 1 aromatic heterocycles. The summed E-state index contributed by atoms with van der Waals surface area (Å²) >= 11 is 0. The van der Waals surface area contributed by atoms with Crippen molar-refractivity contribution in [3.05, 3.63) is 17.8 Å². The largest absolute Gasteiger partial charge is 0.444 e. The first-order valence-electron chi connectivity index (χ1n) is 6.97. The molecule has 1 aliphatic carbocycles. The third-order valence-electron chi connectivity index (χ3n) is 3.73. The van der Waals surface area contributed by atoms with Gasteiger partial charge in [-0.2, -0.15) is 0 Å². The molecule has 0 saturated heterocycles. The minimum atomic E-state index is 0.222. The van der Waals surface area contributed by atoms with Gasteiger partial charge in [0.05, 0.1) is 12.2 Å². The number of hydrogen-bond donors (Lipinski definition) is 1. The van der Waals surface area contributed by atoms with Crippen molar-refractivity contribution in [2.45, 2.75) is 58.4 Å². The lowest BCUT2D eigenvalue weighted by Crippen LogP contribution is -2.17. The molecule has 1 unspecified atom stereocenters. The minimum absolute atomic E-state index is 0.222. The SMILES string of the molecule is CCNC(C)c1ncc(CCC2CCCC2)o1. The number of nitrogens with one attached hydrogen (secondary N) is 1. The molecule has 1 saturated carbocycles. The van der Waals surface area contributed by atoms with Gasteiger partial charge in [-0.1, -0.05) is 32.6 Å². The second-order valence-electron chi connectivity index (χ2n) is 5.13. The Hall–Kier alpha value is -0.830. The van der Waals surface area contributed by atoms with Crippen LogP contribution in [0.1, 0.15) is 63.6 Å². The van der Waals surface area contributed by atoms with E-state index in [9.17, 15) is 0 Å². The van der Waals surface area contributed by atoms with Crippen LogP contribution in [0, 0.1) is 5.92 Å². The summed E-state index contributed by atoms with van der Waals surface area (Å²) in [5.74, 6) is 2.81. The first-order valence-corrected chi connectivity index (χ1v) is 6.97. The van der Waals surface area contributed by atoms with Crippen molar-refractivity contribution in [3.8, 4) is 0 Å². The minimum Gasteiger partial charge on any atom is -0.444 e. The Balaban J connectivity index is 1.80. The molecule has 0 radical (unpaired) electrons. The maximum Gasteiger partial charge on any atom is 0.211 e. The van der Waals surface area contributed by atoms with Crippen LogP contribution in [0.25, 0.3) is 0 Å². The van der Waals surface area contributed by atoms with Gasteiger partial charge in [0.15, 0.2) is 0 Å². The Morgan fingerprint density at radius 1 is 1.47 bits per heavy atom. The molecule has 1 N–H and O–H groups in total. The van der Waals surface area contributed by atoms with Gasteiger partial charge in [0.1, 0.15) is 5.76 Å². The van der Waals surface area contributed by atoms with Crippen molar-refractivity contribution < 1.29 is 4.42 Å². The number of rotatable bonds is 6. The standard InChI is InChI=1S/C14H24N2O/c1-3-15-11(2)14-16-10-13(17-14)9-8-12-6-4-5-7-12/h10-12,15H,3-9H2,1-2H3. The van der Waals surface area contributed by atoms with E-state index < -0.39 is 0 Å². The van der Waals surface area contributed by atoms with E-state index in [0.29, 0.717) is 0 Å². The van der Waals surface area contributed by atoms with Crippen molar-refractivity contribution in [2.24, 2.45) is 5.92 Å². The average molecular weight is 236 g/mol. The zero-order valence-corrected chi connectivity index (χ0v) is 11.0. The van der Waals surface area contributed by atoms with Gasteiger partial charge in [0, 0.05) is 6.42 Å². The molecule has 0 spiro atoms. The zero-order chi connectivity index (χ0) is 12.1. The van der Waals surface area contributed by atoms with Gasteiger partial charge < -0.3 is 9.73 Å². The number of aryl methyl sites for hydroxylation is 1. The van der Waals surface area contributed by atoms with Crippen molar-refractivity contribution in [1.82, 2.24) is 10.3 Å². The lowest BCUT2D eigenvalue weighted by Gasteiger charge is -2.08. The Morgan fingerprint density at radius 3 is 2.94 bits per heavy atom. The summed E-state index contributed by atoms with van der Waals surface area (Å²) in [6, 6.07) is 0.222. The predicted octanol–water partition coefficient (Wildman–Crippen LogP) is 3.47. The third kappa shape index (κ3) is 3.56. The van der Waals surface area contributed by atoms with Gasteiger partial charge in [-0.05, 0) is 25.8 Å². The van der Waals surface area contributed by atoms with Crippen LogP contribution in [-0.4, -0.2) is 11.5 Å². The fraction of sp³-hybridized carbons (Fsp3) is 0.786. The molecule has 1 aromatic rings. The lowest BCUT2D eigenvalue weighted by atomic mass is 10.0. The van der Waals surface area contributed by atoms with Gasteiger partial charge in [0.2, 0.25) is 5.89 Å². The van der Waals surface area contributed by atoms with E-state index in [2.05, 4.69) is 24.1 Å². The van der Waals surface area contributed by atoms with Crippen LogP contribution in [0.15, 0.2) is 10.6 Å². The molecule has 2 rings (SSSR count).